The number of nitrogens with one attached hydrogen (secondary N) is 1. The predicted molar refractivity (Wildman–Crippen MR) is 120 cm³/mol. The van der Waals surface area contributed by atoms with Gasteiger partial charge >= 0.3 is 0 Å². The number of nitrogens with zero attached hydrogens (tertiary/aromatic N) is 3. The summed E-state index contributed by atoms with van der Waals surface area (Å²) in [6.45, 7) is 12.4. The number of carbonyl (C=O) groups excluding carboxylic acids is 2. The van der Waals surface area contributed by atoms with Crippen molar-refractivity contribution in [3.8, 4) is 0 Å². The van der Waals surface area contributed by atoms with E-state index >= 15 is 0 Å². The predicted octanol–water partition coefficient (Wildman–Crippen LogP) is 3.68. The number of likely N-dealkylation sites (tertiary alicyclic amines) is 1. The standard InChI is InChI=1S/C23H28N4O2S/c1-5-17(8-7-15(3)26-13-23(14-26)9-18(28)10-23)11-24-21(29)20-19(6-2)25-22-27(20)12-16(4)30-22/h5,7-8,12H,3,6,9-11,13-14H2,1-2,4H3,(H,24,29)/b8-7-,17-5+. The molecule has 3 heterocycles. The monoisotopic (exact) mass is 424 g/mol. The van der Waals surface area contributed by atoms with Crippen LogP contribution in [0.2, 0.25) is 0 Å². The topological polar surface area (TPSA) is 66.7 Å². The summed E-state index contributed by atoms with van der Waals surface area (Å²) in [6.07, 6.45) is 10.1. The first-order valence-electron chi connectivity index (χ1n) is 10.4. The lowest BCUT2D eigenvalue weighted by atomic mass is 9.62. The molecule has 1 saturated heterocycles. The van der Waals surface area contributed by atoms with Crippen molar-refractivity contribution < 1.29 is 9.59 Å². The van der Waals surface area contributed by atoms with E-state index in [1.165, 1.54) is 0 Å². The normalized spacial score (nSPS) is 18.2. The number of Topliss-reactive ketones (excluding diaryl/α,β-unsaturated/α-hetero) is 1. The van der Waals surface area contributed by atoms with E-state index in [0.29, 0.717) is 18.0 Å². The molecule has 0 bridgehead atoms. The second-order valence-electron chi connectivity index (χ2n) is 8.37. The second-order valence-corrected chi connectivity index (χ2v) is 9.59. The van der Waals surface area contributed by atoms with E-state index in [9.17, 15) is 9.59 Å². The van der Waals surface area contributed by atoms with Crippen LogP contribution in [0.4, 0.5) is 0 Å². The van der Waals surface area contributed by atoms with Crippen LogP contribution in [-0.4, -0.2) is 45.6 Å². The highest BCUT2D eigenvalue weighted by molar-refractivity contribution is 7.17. The highest BCUT2D eigenvalue weighted by Crippen LogP contribution is 2.47. The minimum absolute atomic E-state index is 0.108. The average molecular weight is 425 g/mol. The Bertz CT molecular complexity index is 1070. The largest absolute Gasteiger partial charge is 0.371 e. The Balaban J connectivity index is 1.34. The summed E-state index contributed by atoms with van der Waals surface area (Å²) in [7, 11) is 0. The van der Waals surface area contributed by atoms with E-state index in [-0.39, 0.29) is 11.3 Å². The molecule has 0 atom stereocenters. The lowest BCUT2D eigenvalue weighted by Crippen LogP contribution is -2.61. The summed E-state index contributed by atoms with van der Waals surface area (Å²) in [5.41, 5.74) is 3.63. The van der Waals surface area contributed by atoms with Gasteiger partial charge in [-0.05, 0) is 31.9 Å². The summed E-state index contributed by atoms with van der Waals surface area (Å²) in [5, 5.41) is 3.03. The Morgan fingerprint density at radius 1 is 1.37 bits per heavy atom. The maximum Gasteiger partial charge on any atom is 0.270 e. The van der Waals surface area contributed by atoms with Crippen LogP contribution in [0.3, 0.4) is 0 Å². The third-order valence-electron chi connectivity index (χ3n) is 5.98. The molecule has 7 heteroatoms. The number of fused-ring (bicyclic) bond motifs is 1. The van der Waals surface area contributed by atoms with Crippen molar-refractivity contribution in [2.45, 2.75) is 40.0 Å². The van der Waals surface area contributed by atoms with Crippen molar-refractivity contribution in [3.05, 3.63) is 58.5 Å². The first-order valence-corrected chi connectivity index (χ1v) is 11.2. The Morgan fingerprint density at radius 2 is 2.10 bits per heavy atom. The molecule has 1 amide bonds. The molecule has 1 aliphatic carbocycles. The number of carbonyl (C=O) groups is 2. The van der Waals surface area contributed by atoms with Gasteiger partial charge in [0.25, 0.3) is 5.91 Å². The number of hydrogen-bond donors (Lipinski definition) is 1. The van der Waals surface area contributed by atoms with Crippen molar-refractivity contribution in [1.82, 2.24) is 19.6 Å². The molecular formula is C23H28N4O2S. The molecule has 4 rings (SSSR count). The smallest absolute Gasteiger partial charge is 0.270 e. The van der Waals surface area contributed by atoms with E-state index in [0.717, 1.165) is 59.2 Å². The third-order valence-corrected chi connectivity index (χ3v) is 6.88. The van der Waals surface area contributed by atoms with Crippen LogP contribution in [0, 0.1) is 12.3 Å². The van der Waals surface area contributed by atoms with Crippen molar-refractivity contribution in [2.24, 2.45) is 5.41 Å². The summed E-state index contributed by atoms with van der Waals surface area (Å²) >= 11 is 1.59. The SMILES string of the molecule is C=C(/C=C\C(=C/C)CNC(=O)c1c(CC)nc2sc(C)cn12)N1CC2(CC(=O)C2)C1. The van der Waals surface area contributed by atoms with Crippen molar-refractivity contribution in [1.29, 1.82) is 0 Å². The molecule has 0 aromatic carbocycles. The van der Waals surface area contributed by atoms with Gasteiger partial charge in [0.1, 0.15) is 11.5 Å². The molecule has 6 nitrogen and oxygen atoms in total. The van der Waals surface area contributed by atoms with Gasteiger partial charge < -0.3 is 10.2 Å². The third kappa shape index (κ3) is 3.74. The summed E-state index contributed by atoms with van der Waals surface area (Å²) < 4.78 is 1.89. The number of aryl methyl sites for hydroxylation is 2. The summed E-state index contributed by atoms with van der Waals surface area (Å²) in [4.78, 5) is 33.0. The lowest BCUT2D eigenvalue weighted by molar-refractivity contribution is -0.142. The minimum Gasteiger partial charge on any atom is -0.371 e. The number of imidazole rings is 1. The fourth-order valence-corrected chi connectivity index (χ4v) is 5.14. The summed E-state index contributed by atoms with van der Waals surface area (Å²) in [5.74, 6) is 0.269. The van der Waals surface area contributed by atoms with E-state index in [4.69, 9.17) is 0 Å². The van der Waals surface area contributed by atoms with Gasteiger partial charge in [0.2, 0.25) is 0 Å². The fraction of sp³-hybridized carbons (Fsp3) is 0.435. The molecule has 1 spiro atoms. The summed E-state index contributed by atoms with van der Waals surface area (Å²) in [6, 6.07) is 0. The van der Waals surface area contributed by atoms with Crippen molar-refractivity contribution in [2.75, 3.05) is 19.6 Å². The van der Waals surface area contributed by atoms with Gasteiger partial charge in [-0.3, -0.25) is 14.0 Å². The number of ketones is 1. The number of thiazole rings is 1. The quantitative estimate of drug-likeness (QED) is 0.689. The molecule has 158 valence electrons. The highest BCUT2D eigenvalue weighted by Gasteiger charge is 2.52. The van der Waals surface area contributed by atoms with Crippen LogP contribution in [0.1, 0.15) is 47.7 Å². The zero-order valence-corrected chi connectivity index (χ0v) is 18.6. The second kappa shape index (κ2) is 7.87. The molecule has 2 aliphatic rings. The molecule has 2 fully saturated rings. The molecule has 2 aromatic rings. The van der Waals surface area contributed by atoms with Gasteiger partial charge in [0.15, 0.2) is 4.96 Å². The fourth-order valence-electron chi connectivity index (χ4n) is 4.29. The van der Waals surface area contributed by atoms with E-state index in [2.05, 4.69) is 21.8 Å². The van der Waals surface area contributed by atoms with Crippen LogP contribution < -0.4 is 5.32 Å². The van der Waals surface area contributed by atoms with Gasteiger partial charge in [-0.15, -0.1) is 11.3 Å². The zero-order chi connectivity index (χ0) is 21.5. The van der Waals surface area contributed by atoms with Crippen LogP contribution in [0.25, 0.3) is 4.96 Å². The first-order chi connectivity index (χ1) is 14.3. The number of amides is 1. The minimum atomic E-state index is -0.108. The van der Waals surface area contributed by atoms with E-state index in [1.807, 2.05) is 49.6 Å². The maximum atomic E-state index is 12.9. The molecule has 0 radical (unpaired) electrons. The Hall–Kier alpha value is -2.67. The molecular weight excluding hydrogens is 396 g/mol. The number of allylic oxidation sites excluding steroid dienone is 2. The van der Waals surface area contributed by atoms with Gasteiger partial charge in [0, 0.05) is 54.7 Å². The van der Waals surface area contributed by atoms with Gasteiger partial charge in [-0.2, -0.15) is 0 Å². The molecule has 1 saturated carbocycles. The lowest BCUT2D eigenvalue weighted by Gasteiger charge is -2.56. The van der Waals surface area contributed by atoms with Crippen LogP contribution >= 0.6 is 11.3 Å². The molecule has 1 aliphatic heterocycles. The van der Waals surface area contributed by atoms with Crippen molar-refractivity contribution in [3.63, 3.8) is 0 Å². The van der Waals surface area contributed by atoms with Gasteiger partial charge in [0.05, 0.1) is 5.69 Å². The van der Waals surface area contributed by atoms with E-state index < -0.39 is 0 Å². The maximum absolute atomic E-state index is 12.9. The average Bonchev–Trinajstić information content (AvgIpc) is 3.18. The number of hydrogen-bond acceptors (Lipinski definition) is 5. The van der Waals surface area contributed by atoms with Gasteiger partial charge in [-0.25, -0.2) is 4.98 Å². The van der Waals surface area contributed by atoms with Crippen LogP contribution in [-0.2, 0) is 11.2 Å². The number of rotatable bonds is 7. The van der Waals surface area contributed by atoms with Crippen LogP contribution in [0.15, 0.2) is 42.3 Å². The Kier molecular flexibility index (Phi) is 5.40. The molecule has 30 heavy (non-hydrogen) atoms. The zero-order valence-electron chi connectivity index (χ0n) is 17.8. The first kappa shape index (κ1) is 20.6. The molecule has 1 N–H and O–H groups in total. The van der Waals surface area contributed by atoms with E-state index in [1.54, 1.807) is 11.3 Å². The number of aromatic nitrogens is 2. The van der Waals surface area contributed by atoms with Gasteiger partial charge in [-0.1, -0.05) is 25.7 Å². The van der Waals surface area contributed by atoms with Crippen LogP contribution in [0.5, 0.6) is 0 Å². The Labute approximate surface area is 181 Å². The molecule has 2 aromatic heterocycles. The Morgan fingerprint density at radius 3 is 2.73 bits per heavy atom. The molecule has 0 unspecified atom stereocenters. The highest BCUT2D eigenvalue weighted by atomic mass is 32.1. The van der Waals surface area contributed by atoms with Crippen molar-refractivity contribution >= 4 is 28.0 Å².